The Labute approximate surface area is 89.7 Å². The summed E-state index contributed by atoms with van der Waals surface area (Å²) in [6, 6.07) is 4.18. The molecule has 0 radical (unpaired) electrons. The maximum Gasteiger partial charge on any atom is 0.104 e. The van der Waals surface area contributed by atoms with Crippen LogP contribution in [0.3, 0.4) is 0 Å². The number of pyridine rings is 1. The highest BCUT2D eigenvalue weighted by atomic mass is 19.1. The van der Waals surface area contributed by atoms with Crippen LogP contribution in [0.4, 0.5) is 4.39 Å². The molecular weight excluding hydrogens is 189 g/mol. The molecule has 2 bridgehead atoms. The van der Waals surface area contributed by atoms with Crippen molar-refractivity contribution in [2.24, 2.45) is 11.8 Å². The Kier molecular flexibility index (Phi) is 2.04. The van der Waals surface area contributed by atoms with E-state index in [1.807, 2.05) is 13.1 Å². The van der Waals surface area contributed by atoms with E-state index in [2.05, 4.69) is 17.1 Å². The van der Waals surface area contributed by atoms with Gasteiger partial charge >= 0.3 is 0 Å². The van der Waals surface area contributed by atoms with E-state index in [-0.39, 0.29) is 5.92 Å². The molecule has 0 aromatic carbocycles. The number of nitrogens with zero attached hydrogens (tertiary/aromatic N) is 1. The van der Waals surface area contributed by atoms with Gasteiger partial charge in [-0.1, -0.05) is 0 Å². The maximum absolute atomic E-state index is 13.6. The van der Waals surface area contributed by atoms with Gasteiger partial charge in [-0.25, -0.2) is 4.39 Å². The SMILES string of the molecule is Cc1cc(C2CC3CC(F)C2C3)ccn1. The van der Waals surface area contributed by atoms with Gasteiger partial charge in [0.25, 0.3) is 0 Å². The highest BCUT2D eigenvalue weighted by Gasteiger charge is 2.46. The van der Waals surface area contributed by atoms with Crippen molar-refractivity contribution in [1.82, 2.24) is 4.98 Å². The zero-order chi connectivity index (χ0) is 10.4. The fourth-order valence-corrected chi connectivity index (χ4v) is 3.45. The van der Waals surface area contributed by atoms with E-state index in [0.29, 0.717) is 11.8 Å². The summed E-state index contributed by atoms with van der Waals surface area (Å²) >= 11 is 0. The van der Waals surface area contributed by atoms with Crippen molar-refractivity contribution >= 4 is 0 Å². The zero-order valence-electron chi connectivity index (χ0n) is 8.99. The molecule has 2 aliphatic carbocycles. The molecule has 15 heavy (non-hydrogen) atoms. The molecule has 2 fully saturated rings. The van der Waals surface area contributed by atoms with Gasteiger partial charge in [0, 0.05) is 11.9 Å². The number of hydrogen-bond donors (Lipinski definition) is 0. The molecule has 0 N–H and O–H groups in total. The van der Waals surface area contributed by atoms with Gasteiger partial charge in [0.05, 0.1) is 0 Å². The van der Waals surface area contributed by atoms with E-state index < -0.39 is 6.17 Å². The van der Waals surface area contributed by atoms with Gasteiger partial charge in [-0.05, 0) is 61.6 Å². The first-order valence-electron chi connectivity index (χ1n) is 5.80. The summed E-state index contributed by atoms with van der Waals surface area (Å²) in [5.41, 5.74) is 2.35. The highest BCUT2D eigenvalue weighted by Crippen LogP contribution is 2.53. The van der Waals surface area contributed by atoms with Crippen LogP contribution >= 0.6 is 0 Å². The lowest BCUT2D eigenvalue weighted by Crippen LogP contribution is -2.19. The number of halogens is 1. The van der Waals surface area contributed by atoms with Crippen LogP contribution in [-0.4, -0.2) is 11.2 Å². The van der Waals surface area contributed by atoms with E-state index in [0.717, 1.165) is 18.5 Å². The van der Waals surface area contributed by atoms with Gasteiger partial charge in [0.2, 0.25) is 0 Å². The van der Waals surface area contributed by atoms with Crippen molar-refractivity contribution in [3.8, 4) is 0 Å². The molecule has 0 saturated heterocycles. The van der Waals surface area contributed by atoms with Crippen LogP contribution in [-0.2, 0) is 0 Å². The van der Waals surface area contributed by atoms with Gasteiger partial charge in [-0.15, -0.1) is 0 Å². The van der Waals surface area contributed by atoms with Crippen LogP contribution in [0.5, 0.6) is 0 Å². The second-order valence-corrected chi connectivity index (χ2v) is 5.09. The highest BCUT2D eigenvalue weighted by molar-refractivity contribution is 5.24. The molecule has 80 valence electrons. The Morgan fingerprint density at radius 2 is 2.20 bits per heavy atom. The molecule has 0 spiro atoms. The molecular formula is C13H16FN. The largest absolute Gasteiger partial charge is 0.262 e. The van der Waals surface area contributed by atoms with Crippen LogP contribution in [0.1, 0.15) is 36.4 Å². The fourth-order valence-electron chi connectivity index (χ4n) is 3.45. The number of aryl methyl sites for hydroxylation is 1. The molecule has 1 aromatic rings. The number of fused-ring (bicyclic) bond motifs is 2. The zero-order valence-corrected chi connectivity index (χ0v) is 8.99. The molecule has 2 saturated carbocycles. The summed E-state index contributed by atoms with van der Waals surface area (Å²) in [4.78, 5) is 4.20. The van der Waals surface area contributed by atoms with Crippen molar-refractivity contribution in [1.29, 1.82) is 0 Å². The summed E-state index contributed by atoms with van der Waals surface area (Å²) in [5.74, 6) is 1.39. The number of hydrogen-bond acceptors (Lipinski definition) is 1. The summed E-state index contributed by atoms with van der Waals surface area (Å²) in [7, 11) is 0. The monoisotopic (exact) mass is 205 g/mol. The Bertz CT molecular complexity index is 377. The smallest absolute Gasteiger partial charge is 0.104 e. The summed E-state index contributed by atoms with van der Waals surface area (Å²) in [5, 5.41) is 0. The van der Waals surface area contributed by atoms with Gasteiger partial charge in [-0.3, -0.25) is 4.98 Å². The van der Waals surface area contributed by atoms with E-state index in [4.69, 9.17) is 0 Å². The molecule has 2 heteroatoms. The average Bonchev–Trinajstić information content (AvgIpc) is 2.76. The molecule has 2 aliphatic rings. The van der Waals surface area contributed by atoms with E-state index in [1.54, 1.807) is 0 Å². The van der Waals surface area contributed by atoms with E-state index >= 15 is 0 Å². The quantitative estimate of drug-likeness (QED) is 0.686. The van der Waals surface area contributed by atoms with Crippen molar-refractivity contribution in [3.63, 3.8) is 0 Å². The lowest BCUT2D eigenvalue weighted by molar-refractivity contribution is 0.209. The molecule has 4 unspecified atom stereocenters. The Balaban J connectivity index is 1.90. The third-order valence-electron chi connectivity index (χ3n) is 4.08. The number of alkyl halides is 1. The van der Waals surface area contributed by atoms with Crippen molar-refractivity contribution in [3.05, 3.63) is 29.6 Å². The predicted octanol–water partition coefficient (Wildman–Crippen LogP) is 3.24. The first-order chi connectivity index (χ1) is 7.24. The van der Waals surface area contributed by atoms with Crippen molar-refractivity contribution in [2.45, 2.75) is 38.3 Å². The third-order valence-corrected chi connectivity index (χ3v) is 4.08. The van der Waals surface area contributed by atoms with Crippen LogP contribution in [0.25, 0.3) is 0 Å². The standard InChI is InChI=1S/C13H16FN/c1-8-4-10(2-3-15-8)11-5-9-6-12(11)13(14)7-9/h2-4,9,11-13H,5-7H2,1H3. The van der Waals surface area contributed by atoms with Gasteiger partial charge in [0.15, 0.2) is 0 Å². The minimum absolute atomic E-state index is 0.289. The lowest BCUT2D eigenvalue weighted by Gasteiger charge is -2.25. The van der Waals surface area contributed by atoms with Crippen LogP contribution in [0, 0.1) is 18.8 Å². The summed E-state index contributed by atoms with van der Waals surface area (Å²) in [6.07, 6.45) is 4.40. The molecule has 4 atom stereocenters. The van der Waals surface area contributed by atoms with E-state index in [1.165, 1.54) is 12.0 Å². The Morgan fingerprint density at radius 1 is 1.33 bits per heavy atom. The average molecular weight is 205 g/mol. The van der Waals surface area contributed by atoms with Crippen molar-refractivity contribution in [2.75, 3.05) is 0 Å². The molecule has 0 aliphatic heterocycles. The fraction of sp³-hybridized carbons (Fsp3) is 0.615. The topological polar surface area (TPSA) is 12.9 Å². The van der Waals surface area contributed by atoms with Gasteiger partial charge in [0.1, 0.15) is 6.17 Å². The van der Waals surface area contributed by atoms with E-state index in [9.17, 15) is 4.39 Å². The number of rotatable bonds is 1. The number of aromatic nitrogens is 1. The minimum atomic E-state index is -0.553. The molecule has 1 heterocycles. The molecule has 0 amide bonds. The molecule has 1 nitrogen and oxygen atoms in total. The van der Waals surface area contributed by atoms with Gasteiger partial charge in [-0.2, -0.15) is 0 Å². The van der Waals surface area contributed by atoms with Crippen LogP contribution < -0.4 is 0 Å². The molecule has 1 aromatic heterocycles. The summed E-state index contributed by atoms with van der Waals surface area (Å²) in [6.45, 7) is 2.00. The second kappa shape index (κ2) is 3.29. The second-order valence-electron chi connectivity index (χ2n) is 5.09. The van der Waals surface area contributed by atoms with Crippen molar-refractivity contribution < 1.29 is 4.39 Å². The normalized spacial score (nSPS) is 38.5. The first kappa shape index (κ1) is 9.32. The maximum atomic E-state index is 13.6. The third kappa shape index (κ3) is 1.47. The van der Waals surface area contributed by atoms with Crippen LogP contribution in [0.15, 0.2) is 18.3 Å². The summed E-state index contributed by atoms with van der Waals surface area (Å²) < 4.78 is 13.6. The molecule has 3 rings (SSSR count). The lowest BCUT2D eigenvalue weighted by atomic mass is 9.82. The Morgan fingerprint density at radius 3 is 2.87 bits per heavy atom. The van der Waals surface area contributed by atoms with Gasteiger partial charge < -0.3 is 0 Å². The minimum Gasteiger partial charge on any atom is -0.262 e. The predicted molar refractivity (Wildman–Crippen MR) is 57.4 cm³/mol. The Hall–Kier alpha value is -0.920. The first-order valence-corrected chi connectivity index (χ1v) is 5.80. The van der Waals surface area contributed by atoms with Crippen LogP contribution in [0.2, 0.25) is 0 Å².